The highest BCUT2D eigenvalue weighted by Crippen LogP contribution is 2.36. The molecule has 0 saturated carbocycles. The first-order valence-corrected chi connectivity index (χ1v) is 8.98. The smallest absolute Gasteiger partial charge is 0.416 e. The van der Waals surface area contributed by atoms with Gasteiger partial charge in [-0.1, -0.05) is 18.2 Å². The van der Waals surface area contributed by atoms with Crippen LogP contribution in [-0.4, -0.2) is 33.3 Å². The number of fused-ring (bicyclic) bond motifs is 1. The SMILES string of the molecule is COCCOc1ccc(C(F)(F)F)cc1NC(=O)c1oc2ccccc2c1COC. The van der Waals surface area contributed by atoms with Gasteiger partial charge in [-0.05, 0) is 24.3 Å². The Hall–Kier alpha value is -3.04. The predicted molar refractivity (Wildman–Crippen MR) is 104 cm³/mol. The van der Waals surface area contributed by atoms with E-state index in [0.29, 0.717) is 16.5 Å². The number of para-hydroxylation sites is 1. The molecule has 0 unspecified atom stereocenters. The number of halogens is 3. The van der Waals surface area contributed by atoms with Crippen molar-refractivity contribution in [2.45, 2.75) is 12.8 Å². The van der Waals surface area contributed by atoms with E-state index in [2.05, 4.69) is 5.32 Å². The second kappa shape index (κ2) is 9.19. The first kappa shape index (κ1) is 21.7. The molecule has 9 heteroatoms. The van der Waals surface area contributed by atoms with E-state index in [-0.39, 0.29) is 37.0 Å². The van der Waals surface area contributed by atoms with Gasteiger partial charge in [0.1, 0.15) is 17.9 Å². The number of nitrogens with one attached hydrogen (secondary N) is 1. The van der Waals surface area contributed by atoms with Gasteiger partial charge in [-0.2, -0.15) is 13.2 Å². The van der Waals surface area contributed by atoms with Crippen LogP contribution in [0.5, 0.6) is 5.75 Å². The monoisotopic (exact) mass is 423 g/mol. The number of rotatable bonds is 8. The van der Waals surface area contributed by atoms with Crippen molar-refractivity contribution in [3.63, 3.8) is 0 Å². The van der Waals surface area contributed by atoms with Crippen molar-refractivity contribution in [3.05, 3.63) is 59.4 Å². The summed E-state index contributed by atoms with van der Waals surface area (Å²) in [4.78, 5) is 12.9. The topological polar surface area (TPSA) is 69.9 Å². The Morgan fingerprint density at radius 1 is 1.07 bits per heavy atom. The number of alkyl halides is 3. The third-order valence-corrected chi connectivity index (χ3v) is 4.29. The molecular weight excluding hydrogens is 403 g/mol. The Bertz CT molecular complexity index is 1030. The molecule has 30 heavy (non-hydrogen) atoms. The van der Waals surface area contributed by atoms with Crippen LogP contribution in [0.4, 0.5) is 18.9 Å². The largest absolute Gasteiger partial charge is 0.489 e. The van der Waals surface area contributed by atoms with E-state index in [1.54, 1.807) is 24.3 Å². The van der Waals surface area contributed by atoms with E-state index in [1.807, 2.05) is 0 Å². The van der Waals surface area contributed by atoms with Crippen molar-refractivity contribution < 1.29 is 36.6 Å². The van der Waals surface area contributed by atoms with Gasteiger partial charge in [-0.15, -0.1) is 0 Å². The zero-order chi connectivity index (χ0) is 21.7. The van der Waals surface area contributed by atoms with Gasteiger partial charge in [0.15, 0.2) is 5.76 Å². The zero-order valence-electron chi connectivity index (χ0n) is 16.3. The number of methoxy groups -OCH3 is 2. The third-order valence-electron chi connectivity index (χ3n) is 4.29. The summed E-state index contributed by atoms with van der Waals surface area (Å²) in [6.45, 7) is 0.430. The molecule has 160 valence electrons. The van der Waals surface area contributed by atoms with Gasteiger partial charge in [0, 0.05) is 25.2 Å². The molecule has 0 aliphatic heterocycles. The van der Waals surface area contributed by atoms with Crippen molar-refractivity contribution in [1.29, 1.82) is 0 Å². The number of amides is 1. The minimum absolute atomic E-state index is 0.0432. The molecule has 0 radical (unpaired) electrons. The van der Waals surface area contributed by atoms with Crippen LogP contribution in [0.3, 0.4) is 0 Å². The molecule has 0 saturated heterocycles. The van der Waals surface area contributed by atoms with Crippen LogP contribution in [0.1, 0.15) is 21.7 Å². The van der Waals surface area contributed by atoms with Gasteiger partial charge in [-0.25, -0.2) is 0 Å². The van der Waals surface area contributed by atoms with Gasteiger partial charge in [0.25, 0.3) is 5.91 Å². The summed E-state index contributed by atoms with van der Waals surface area (Å²) < 4.78 is 60.6. The summed E-state index contributed by atoms with van der Waals surface area (Å²) in [5.41, 5.74) is -0.0805. The Morgan fingerprint density at radius 3 is 2.53 bits per heavy atom. The van der Waals surface area contributed by atoms with Gasteiger partial charge in [0.05, 0.1) is 24.5 Å². The summed E-state index contributed by atoms with van der Waals surface area (Å²) >= 11 is 0. The molecule has 0 spiro atoms. The summed E-state index contributed by atoms with van der Waals surface area (Å²) in [6, 6.07) is 9.85. The number of furan rings is 1. The van der Waals surface area contributed by atoms with E-state index < -0.39 is 17.6 Å². The molecular formula is C21H20F3NO5. The van der Waals surface area contributed by atoms with Crippen molar-refractivity contribution in [3.8, 4) is 5.75 Å². The zero-order valence-corrected chi connectivity index (χ0v) is 16.3. The number of hydrogen-bond acceptors (Lipinski definition) is 5. The normalized spacial score (nSPS) is 11.6. The van der Waals surface area contributed by atoms with Gasteiger partial charge >= 0.3 is 6.18 Å². The lowest BCUT2D eigenvalue weighted by atomic mass is 10.1. The highest BCUT2D eigenvalue weighted by Gasteiger charge is 2.32. The summed E-state index contributed by atoms with van der Waals surface area (Å²) in [5.74, 6) is -0.676. The van der Waals surface area contributed by atoms with E-state index in [4.69, 9.17) is 18.6 Å². The molecule has 0 bridgehead atoms. The van der Waals surface area contributed by atoms with Crippen LogP contribution in [0.2, 0.25) is 0 Å². The van der Waals surface area contributed by atoms with Crippen LogP contribution in [0.15, 0.2) is 46.9 Å². The summed E-state index contributed by atoms with van der Waals surface area (Å²) in [6.07, 6.45) is -4.58. The maximum atomic E-state index is 13.2. The second-order valence-electron chi connectivity index (χ2n) is 6.34. The lowest BCUT2D eigenvalue weighted by molar-refractivity contribution is -0.137. The van der Waals surface area contributed by atoms with Crippen LogP contribution in [0, 0.1) is 0 Å². The highest BCUT2D eigenvalue weighted by molar-refractivity contribution is 6.07. The van der Waals surface area contributed by atoms with Gasteiger partial charge in [-0.3, -0.25) is 4.79 Å². The minimum Gasteiger partial charge on any atom is -0.489 e. The predicted octanol–water partition coefficient (Wildman–Crippen LogP) is 4.88. The summed E-state index contributed by atoms with van der Waals surface area (Å²) in [5, 5.41) is 3.16. The number of benzene rings is 2. The number of carbonyl (C=O) groups is 1. The Morgan fingerprint density at radius 2 is 1.83 bits per heavy atom. The molecule has 0 fully saturated rings. The molecule has 0 aliphatic carbocycles. The van der Waals surface area contributed by atoms with Crippen molar-refractivity contribution in [2.75, 3.05) is 32.8 Å². The Labute approximate surface area is 170 Å². The average molecular weight is 423 g/mol. The van der Waals surface area contributed by atoms with Crippen molar-refractivity contribution in [1.82, 2.24) is 0 Å². The molecule has 0 atom stereocenters. The second-order valence-corrected chi connectivity index (χ2v) is 6.34. The fourth-order valence-corrected chi connectivity index (χ4v) is 2.91. The summed E-state index contributed by atoms with van der Waals surface area (Å²) in [7, 11) is 2.94. The number of ether oxygens (including phenoxy) is 3. The van der Waals surface area contributed by atoms with Crippen LogP contribution in [0.25, 0.3) is 11.0 Å². The number of anilines is 1. The maximum absolute atomic E-state index is 13.2. The Kier molecular flexibility index (Phi) is 6.63. The van der Waals surface area contributed by atoms with E-state index in [1.165, 1.54) is 14.2 Å². The molecule has 3 aromatic rings. The van der Waals surface area contributed by atoms with Gasteiger partial charge < -0.3 is 23.9 Å². The van der Waals surface area contributed by atoms with E-state index in [0.717, 1.165) is 18.2 Å². The quantitative estimate of drug-likeness (QED) is 0.523. The van der Waals surface area contributed by atoms with Crippen molar-refractivity contribution >= 4 is 22.6 Å². The molecule has 6 nitrogen and oxygen atoms in total. The fourth-order valence-electron chi connectivity index (χ4n) is 2.91. The maximum Gasteiger partial charge on any atom is 0.416 e. The van der Waals surface area contributed by atoms with Crippen LogP contribution < -0.4 is 10.1 Å². The lowest BCUT2D eigenvalue weighted by Gasteiger charge is -2.15. The average Bonchev–Trinajstić information content (AvgIpc) is 3.07. The molecule has 1 amide bonds. The lowest BCUT2D eigenvalue weighted by Crippen LogP contribution is -2.16. The van der Waals surface area contributed by atoms with E-state index in [9.17, 15) is 18.0 Å². The molecule has 1 heterocycles. The third kappa shape index (κ3) is 4.74. The molecule has 1 aromatic heterocycles. The van der Waals surface area contributed by atoms with Gasteiger partial charge in [0.2, 0.25) is 0 Å². The van der Waals surface area contributed by atoms with E-state index >= 15 is 0 Å². The standard InChI is InChI=1S/C21H20F3NO5/c1-27-9-10-29-18-8-7-13(21(22,23)24)11-16(18)25-20(26)19-15(12-28-2)14-5-3-4-6-17(14)30-19/h3-8,11H,9-10,12H2,1-2H3,(H,25,26). The molecule has 0 aliphatic rings. The van der Waals surface area contributed by atoms with Crippen LogP contribution >= 0.6 is 0 Å². The minimum atomic E-state index is -4.58. The first-order chi connectivity index (χ1) is 14.3. The van der Waals surface area contributed by atoms with Crippen molar-refractivity contribution in [2.24, 2.45) is 0 Å². The fraction of sp³-hybridized carbons (Fsp3) is 0.286. The molecule has 2 aromatic carbocycles. The first-order valence-electron chi connectivity index (χ1n) is 8.98. The molecule has 1 N–H and O–H groups in total. The Balaban J connectivity index is 1.97. The highest BCUT2D eigenvalue weighted by atomic mass is 19.4. The molecule has 3 rings (SSSR count). The number of carbonyl (C=O) groups excluding carboxylic acids is 1. The van der Waals surface area contributed by atoms with Crippen LogP contribution in [-0.2, 0) is 22.3 Å². The number of hydrogen-bond donors (Lipinski definition) is 1.